The number of para-hydroxylation sites is 1. The van der Waals surface area contributed by atoms with Gasteiger partial charge in [0.25, 0.3) is 5.91 Å². The van der Waals surface area contributed by atoms with Crippen LogP contribution >= 0.6 is 0 Å². The topological polar surface area (TPSA) is 98.6 Å². The third-order valence-electron chi connectivity index (χ3n) is 6.17. The molecule has 4 heterocycles. The summed E-state index contributed by atoms with van der Waals surface area (Å²) in [6, 6.07) is 11.4. The van der Waals surface area contributed by atoms with Gasteiger partial charge in [0.1, 0.15) is 23.7 Å². The monoisotopic (exact) mass is 446 g/mol. The molecule has 0 unspecified atom stereocenters. The maximum Gasteiger partial charge on any atom is 0.257 e. The van der Waals surface area contributed by atoms with Crippen molar-refractivity contribution in [2.45, 2.75) is 39.2 Å². The summed E-state index contributed by atoms with van der Waals surface area (Å²) in [4.78, 5) is 19.6. The smallest absolute Gasteiger partial charge is 0.257 e. The lowest BCUT2D eigenvalue weighted by atomic mass is 9.95. The minimum absolute atomic E-state index is 0.000732. The number of fused-ring (bicyclic) bond motifs is 1. The van der Waals surface area contributed by atoms with Crippen LogP contribution in [0.4, 0.5) is 0 Å². The highest BCUT2D eigenvalue weighted by molar-refractivity contribution is 5.97. The van der Waals surface area contributed by atoms with Crippen molar-refractivity contribution in [3.8, 4) is 5.75 Å². The average molecular weight is 447 g/mol. The van der Waals surface area contributed by atoms with Crippen LogP contribution in [0.5, 0.6) is 5.75 Å². The average Bonchev–Trinajstić information content (AvgIpc) is 3.40. The van der Waals surface area contributed by atoms with Gasteiger partial charge in [-0.15, -0.1) is 0 Å². The number of hydrogen-bond donors (Lipinski definition) is 0. The fraction of sp³-hybridized carbons (Fsp3) is 0.375. The van der Waals surface area contributed by atoms with Crippen molar-refractivity contribution in [1.29, 1.82) is 0 Å². The molecule has 9 nitrogen and oxygen atoms in total. The summed E-state index contributed by atoms with van der Waals surface area (Å²) >= 11 is 0. The lowest BCUT2D eigenvalue weighted by Crippen LogP contribution is -2.32. The summed E-state index contributed by atoms with van der Waals surface area (Å²) in [6.45, 7) is 3.47. The van der Waals surface area contributed by atoms with E-state index in [9.17, 15) is 4.79 Å². The van der Waals surface area contributed by atoms with Crippen LogP contribution in [-0.4, -0.2) is 48.8 Å². The van der Waals surface area contributed by atoms with E-state index in [0.29, 0.717) is 28.6 Å². The number of ether oxygens (including phenoxy) is 1. The Balaban J connectivity index is 1.23. The summed E-state index contributed by atoms with van der Waals surface area (Å²) in [5.74, 6) is 1.04. The number of rotatable bonds is 6. The predicted molar refractivity (Wildman–Crippen MR) is 120 cm³/mol. The predicted octanol–water partition coefficient (Wildman–Crippen LogP) is 3.48. The Morgan fingerprint density at radius 3 is 2.94 bits per heavy atom. The molecule has 170 valence electrons. The van der Waals surface area contributed by atoms with Gasteiger partial charge in [-0.05, 0) is 62.8 Å². The van der Waals surface area contributed by atoms with E-state index in [2.05, 4.69) is 26.5 Å². The molecule has 1 aliphatic heterocycles. The van der Waals surface area contributed by atoms with Gasteiger partial charge in [0.05, 0.1) is 11.3 Å². The Bertz CT molecular complexity index is 1250. The van der Waals surface area contributed by atoms with Crippen LogP contribution in [-0.2, 0) is 13.0 Å². The van der Waals surface area contributed by atoms with E-state index in [1.807, 2.05) is 52.9 Å². The van der Waals surface area contributed by atoms with Gasteiger partial charge < -0.3 is 9.64 Å². The first-order chi connectivity index (χ1) is 16.2. The molecule has 0 bridgehead atoms. The molecule has 1 fully saturated rings. The van der Waals surface area contributed by atoms with E-state index in [0.717, 1.165) is 50.1 Å². The molecule has 0 saturated carbocycles. The third kappa shape index (κ3) is 4.72. The molecule has 3 aromatic heterocycles. The van der Waals surface area contributed by atoms with E-state index in [4.69, 9.17) is 9.37 Å². The van der Waals surface area contributed by atoms with Crippen LogP contribution in [0.3, 0.4) is 0 Å². The SMILES string of the molecule is Cc1nonc1COc1ccccc1C(=O)N1CCC[C@H](Cc2ccc3nccn3n2)CC1. The second-order valence-corrected chi connectivity index (χ2v) is 8.43. The number of carbonyl (C=O) groups is 1. The zero-order chi connectivity index (χ0) is 22.6. The van der Waals surface area contributed by atoms with Gasteiger partial charge in [0.15, 0.2) is 5.65 Å². The Morgan fingerprint density at radius 2 is 2.06 bits per heavy atom. The van der Waals surface area contributed by atoms with E-state index in [1.165, 1.54) is 0 Å². The zero-order valence-electron chi connectivity index (χ0n) is 18.6. The minimum atomic E-state index is -0.000732. The summed E-state index contributed by atoms with van der Waals surface area (Å²) in [5.41, 5.74) is 3.78. The Hall–Kier alpha value is -3.75. The number of aryl methyl sites for hydroxylation is 1. The first-order valence-corrected chi connectivity index (χ1v) is 11.3. The Kier molecular flexibility index (Phi) is 6.01. The maximum atomic E-state index is 13.4. The molecule has 0 spiro atoms. The zero-order valence-corrected chi connectivity index (χ0v) is 18.6. The fourth-order valence-electron chi connectivity index (χ4n) is 4.30. The normalized spacial score (nSPS) is 16.6. The van der Waals surface area contributed by atoms with Crippen molar-refractivity contribution < 1.29 is 14.2 Å². The second-order valence-electron chi connectivity index (χ2n) is 8.43. The van der Waals surface area contributed by atoms with Gasteiger partial charge in [0.2, 0.25) is 0 Å². The molecule has 1 amide bonds. The van der Waals surface area contributed by atoms with E-state index >= 15 is 0 Å². The number of nitrogens with zero attached hydrogens (tertiary/aromatic N) is 6. The molecule has 1 atom stereocenters. The summed E-state index contributed by atoms with van der Waals surface area (Å²) in [6.07, 6.45) is 7.52. The number of carbonyl (C=O) groups excluding carboxylic acids is 1. The van der Waals surface area contributed by atoms with Crippen LogP contribution in [0.15, 0.2) is 53.4 Å². The van der Waals surface area contributed by atoms with Crippen LogP contribution in [0, 0.1) is 12.8 Å². The van der Waals surface area contributed by atoms with Gasteiger partial charge in [-0.3, -0.25) is 4.79 Å². The van der Waals surface area contributed by atoms with Gasteiger partial charge in [0, 0.05) is 25.5 Å². The van der Waals surface area contributed by atoms with Crippen molar-refractivity contribution in [3.63, 3.8) is 0 Å². The quantitative estimate of drug-likeness (QED) is 0.447. The van der Waals surface area contributed by atoms with Crippen molar-refractivity contribution in [2.75, 3.05) is 13.1 Å². The molecule has 9 heteroatoms. The molecule has 1 aromatic carbocycles. The summed E-state index contributed by atoms with van der Waals surface area (Å²) in [7, 11) is 0. The number of hydrogen-bond acceptors (Lipinski definition) is 7. The highest BCUT2D eigenvalue weighted by Gasteiger charge is 2.24. The lowest BCUT2D eigenvalue weighted by molar-refractivity contribution is 0.0755. The lowest BCUT2D eigenvalue weighted by Gasteiger charge is -2.22. The molecule has 33 heavy (non-hydrogen) atoms. The van der Waals surface area contributed by atoms with E-state index < -0.39 is 0 Å². The highest BCUT2D eigenvalue weighted by Crippen LogP contribution is 2.26. The first kappa shape index (κ1) is 21.1. The third-order valence-corrected chi connectivity index (χ3v) is 6.17. The fourth-order valence-corrected chi connectivity index (χ4v) is 4.30. The van der Waals surface area contributed by atoms with Gasteiger partial charge in [-0.25, -0.2) is 14.1 Å². The molecule has 4 aromatic rings. The van der Waals surface area contributed by atoms with Gasteiger partial charge in [-0.2, -0.15) is 5.10 Å². The van der Waals surface area contributed by atoms with Crippen molar-refractivity contribution in [1.82, 2.24) is 29.8 Å². The number of amides is 1. The molecule has 0 N–H and O–H groups in total. The van der Waals surface area contributed by atoms with Crippen LogP contribution in [0.25, 0.3) is 5.65 Å². The molecule has 1 aliphatic rings. The van der Waals surface area contributed by atoms with Crippen molar-refractivity contribution in [3.05, 3.63) is 71.4 Å². The highest BCUT2D eigenvalue weighted by atomic mass is 16.6. The van der Waals surface area contributed by atoms with Gasteiger partial charge >= 0.3 is 0 Å². The largest absolute Gasteiger partial charge is 0.486 e. The summed E-state index contributed by atoms with van der Waals surface area (Å²) < 4.78 is 12.4. The number of benzene rings is 1. The molecule has 0 aliphatic carbocycles. The van der Waals surface area contributed by atoms with Crippen molar-refractivity contribution in [2.24, 2.45) is 5.92 Å². The number of likely N-dealkylation sites (tertiary alicyclic amines) is 1. The first-order valence-electron chi connectivity index (χ1n) is 11.3. The minimum Gasteiger partial charge on any atom is -0.486 e. The molecule has 5 rings (SSSR count). The Labute approximate surface area is 191 Å². The molecule has 0 radical (unpaired) electrons. The van der Waals surface area contributed by atoms with E-state index in [1.54, 1.807) is 6.20 Å². The summed E-state index contributed by atoms with van der Waals surface area (Å²) in [5, 5.41) is 12.3. The molecular formula is C24H26N6O3. The maximum absolute atomic E-state index is 13.4. The van der Waals surface area contributed by atoms with Crippen LogP contribution in [0.2, 0.25) is 0 Å². The second kappa shape index (κ2) is 9.40. The number of aromatic nitrogens is 5. The van der Waals surface area contributed by atoms with Crippen LogP contribution < -0.4 is 4.74 Å². The standard InChI is InChI=1S/C24H26N6O3/c1-17-21(28-33-27-17)16-32-22-7-3-2-6-20(22)24(31)29-12-4-5-18(10-13-29)15-19-8-9-23-25-11-14-30(23)26-19/h2-3,6-9,11,14,18H,4-5,10,12-13,15-16H2,1H3/t18-/m0/s1. The molecule has 1 saturated heterocycles. The molecular weight excluding hydrogens is 420 g/mol. The van der Waals surface area contributed by atoms with E-state index in [-0.39, 0.29) is 12.5 Å². The van der Waals surface area contributed by atoms with Gasteiger partial charge in [-0.1, -0.05) is 22.4 Å². The van der Waals surface area contributed by atoms with Crippen molar-refractivity contribution >= 4 is 11.6 Å². The van der Waals surface area contributed by atoms with Crippen LogP contribution in [0.1, 0.15) is 46.7 Å². The Morgan fingerprint density at radius 1 is 1.15 bits per heavy atom. The number of imidazole rings is 1.